The molecule has 146 valence electrons. The molecule has 1 aromatic carbocycles. The lowest BCUT2D eigenvalue weighted by atomic mass is 10.0. The van der Waals surface area contributed by atoms with Gasteiger partial charge in [0, 0.05) is 42.8 Å². The molecule has 0 unspecified atom stereocenters. The van der Waals surface area contributed by atoms with Gasteiger partial charge >= 0.3 is 0 Å². The molecule has 1 aliphatic rings. The SMILES string of the molecule is CCN1CCN([C@@H](c2cccs2)[C@H](C)NC(=S)Nc2ccccc2C)CC1. The number of benzene rings is 1. The minimum atomic E-state index is 0.223. The number of likely N-dealkylation sites (N-methyl/N-ethyl adjacent to an activating group) is 1. The molecular formula is C21H30N4S2. The fourth-order valence-electron chi connectivity index (χ4n) is 3.72. The number of anilines is 1. The van der Waals surface area contributed by atoms with E-state index in [1.165, 1.54) is 10.4 Å². The molecule has 0 aliphatic carbocycles. The van der Waals surface area contributed by atoms with E-state index < -0.39 is 0 Å². The standard InChI is InChI=1S/C21H30N4S2/c1-4-24-11-13-25(14-12-24)20(19-10-7-15-27-19)17(3)22-21(26)23-18-9-6-5-8-16(18)2/h5-10,15,17,20H,4,11-14H2,1-3H3,(H2,22,23,26)/t17-,20+/m0/s1. The van der Waals surface area contributed by atoms with Gasteiger partial charge in [-0.3, -0.25) is 4.90 Å². The van der Waals surface area contributed by atoms with Crippen molar-refractivity contribution < 1.29 is 0 Å². The van der Waals surface area contributed by atoms with Crippen molar-refractivity contribution in [3.63, 3.8) is 0 Å². The van der Waals surface area contributed by atoms with Crippen LogP contribution >= 0.6 is 23.6 Å². The number of thiophene rings is 1. The maximum atomic E-state index is 5.61. The summed E-state index contributed by atoms with van der Waals surface area (Å²) >= 11 is 7.45. The van der Waals surface area contributed by atoms with Crippen molar-refractivity contribution in [1.82, 2.24) is 15.1 Å². The van der Waals surface area contributed by atoms with Crippen LogP contribution in [0.4, 0.5) is 5.69 Å². The van der Waals surface area contributed by atoms with Crippen LogP contribution in [0.5, 0.6) is 0 Å². The van der Waals surface area contributed by atoms with Gasteiger partial charge in [0.15, 0.2) is 5.11 Å². The average Bonchev–Trinajstić information content (AvgIpc) is 3.18. The average molecular weight is 403 g/mol. The van der Waals surface area contributed by atoms with Gasteiger partial charge in [0.05, 0.1) is 6.04 Å². The first-order valence-electron chi connectivity index (χ1n) is 9.71. The molecule has 1 saturated heterocycles. The van der Waals surface area contributed by atoms with Gasteiger partial charge in [-0.1, -0.05) is 31.2 Å². The number of aryl methyl sites for hydroxylation is 1. The smallest absolute Gasteiger partial charge is 0.171 e. The third-order valence-corrected chi connectivity index (χ3v) is 6.47. The monoisotopic (exact) mass is 402 g/mol. The van der Waals surface area contributed by atoms with Crippen LogP contribution in [-0.2, 0) is 0 Å². The van der Waals surface area contributed by atoms with Gasteiger partial charge in [0.1, 0.15) is 0 Å². The summed E-state index contributed by atoms with van der Waals surface area (Å²) in [5, 5.41) is 9.75. The Hall–Kier alpha value is -1.47. The fourth-order valence-corrected chi connectivity index (χ4v) is 4.98. The summed E-state index contributed by atoms with van der Waals surface area (Å²) in [6.45, 7) is 12.2. The van der Waals surface area contributed by atoms with Crippen LogP contribution < -0.4 is 10.6 Å². The Labute approximate surface area is 172 Å². The Bertz CT molecular complexity index is 724. The first-order chi connectivity index (χ1) is 13.1. The highest BCUT2D eigenvalue weighted by atomic mass is 32.1. The second kappa shape index (κ2) is 9.64. The lowest BCUT2D eigenvalue weighted by molar-refractivity contribution is 0.0883. The lowest BCUT2D eigenvalue weighted by Crippen LogP contribution is -2.52. The van der Waals surface area contributed by atoms with E-state index in [2.05, 4.69) is 70.9 Å². The number of nitrogens with zero attached hydrogens (tertiary/aromatic N) is 2. The Morgan fingerprint density at radius 1 is 1.15 bits per heavy atom. The predicted octanol–water partition coefficient (Wildman–Crippen LogP) is 4.11. The van der Waals surface area contributed by atoms with Crippen LogP contribution in [0.1, 0.15) is 30.3 Å². The Morgan fingerprint density at radius 3 is 2.52 bits per heavy atom. The van der Waals surface area contributed by atoms with Crippen LogP contribution in [0.3, 0.4) is 0 Å². The summed E-state index contributed by atoms with van der Waals surface area (Å²) in [5.74, 6) is 0. The number of rotatable bonds is 6. The molecule has 0 spiro atoms. The van der Waals surface area contributed by atoms with Crippen molar-refractivity contribution in [3.05, 3.63) is 52.2 Å². The number of piperazine rings is 1. The highest BCUT2D eigenvalue weighted by molar-refractivity contribution is 7.80. The highest BCUT2D eigenvalue weighted by Crippen LogP contribution is 2.29. The topological polar surface area (TPSA) is 30.5 Å². The Kier molecular flexibility index (Phi) is 7.24. The minimum absolute atomic E-state index is 0.223. The summed E-state index contributed by atoms with van der Waals surface area (Å²) in [4.78, 5) is 6.52. The third-order valence-electron chi connectivity index (χ3n) is 5.31. The molecular weight excluding hydrogens is 372 g/mol. The molecule has 0 bridgehead atoms. The zero-order valence-corrected chi connectivity index (χ0v) is 18.1. The van der Waals surface area contributed by atoms with Gasteiger partial charge in [0.25, 0.3) is 0 Å². The number of thiocarbonyl (C=S) groups is 1. The molecule has 2 heterocycles. The summed E-state index contributed by atoms with van der Waals surface area (Å²) in [7, 11) is 0. The molecule has 4 nitrogen and oxygen atoms in total. The molecule has 0 saturated carbocycles. The molecule has 2 N–H and O–H groups in total. The first kappa shape index (κ1) is 20.3. The summed E-state index contributed by atoms with van der Waals surface area (Å²) in [5.41, 5.74) is 2.26. The molecule has 0 amide bonds. The normalized spacial score (nSPS) is 18.0. The van der Waals surface area contributed by atoms with Crippen LogP contribution in [0.2, 0.25) is 0 Å². The minimum Gasteiger partial charge on any atom is -0.358 e. The number of nitrogens with one attached hydrogen (secondary N) is 2. The number of para-hydroxylation sites is 1. The van der Waals surface area contributed by atoms with Crippen molar-refractivity contribution in [2.24, 2.45) is 0 Å². The lowest BCUT2D eigenvalue weighted by Gasteiger charge is -2.41. The predicted molar refractivity (Wildman–Crippen MR) is 121 cm³/mol. The zero-order valence-electron chi connectivity index (χ0n) is 16.4. The molecule has 1 aliphatic heterocycles. The van der Waals surface area contributed by atoms with Crippen LogP contribution in [-0.4, -0.2) is 53.7 Å². The van der Waals surface area contributed by atoms with E-state index in [4.69, 9.17) is 12.2 Å². The van der Waals surface area contributed by atoms with Crippen molar-refractivity contribution in [1.29, 1.82) is 0 Å². The van der Waals surface area contributed by atoms with E-state index in [-0.39, 0.29) is 6.04 Å². The fraction of sp³-hybridized carbons (Fsp3) is 0.476. The van der Waals surface area contributed by atoms with Gasteiger partial charge in [0.2, 0.25) is 0 Å². The van der Waals surface area contributed by atoms with Crippen molar-refractivity contribution in [2.45, 2.75) is 32.9 Å². The number of hydrogen-bond donors (Lipinski definition) is 2. The summed E-state index contributed by atoms with van der Waals surface area (Å²) in [6.07, 6.45) is 0. The van der Waals surface area contributed by atoms with Crippen molar-refractivity contribution >= 4 is 34.4 Å². The van der Waals surface area contributed by atoms with Gasteiger partial charge in [-0.15, -0.1) is 11.3 Å². The van der Waals surface area contributed by atoms with Crippen molar-refractivity contribution in [3.8, 4) is 0 Å². The molecule has 2 aromatic rings. The highest BCUT2D eigenvalue weighted by Gasteiger charge is 2.30. The van der Waals surface area contributed by atoms with Gasteiger partial charge < -0.3 is 15.5 Å². The van der Waals surface area contributed by atoms with Crippen LogP contribution in [0.15, 0.2) is 41.8 Å². The number of hydrogen-bond acceptors (Lipinski definition) is 4. The summed E-state index contributed by atoms with van der Waals surface area (Å²) in [6, 6.07) is 13.2. The largest absolute Gasteiger partial charge is 0.358 e. The molecule has 27 heavy (non-hydrogen) atoms. The maximum absolute atomic E-state index is 5.61. The maximum Gasteiger partial charge on any atom is 0.171 e. The van der Waals surface area contributed by atoms with Crippen molar-refractivity contribution in [2.75, 3.05) is 38.0 Å². The molecule has 1 aromatic heterocycles. The van der Waals surface area contributed by atoms with Gasteiger partial charge in [-0.05, 0) is 55.7 Å². The van der Waals surface area contributed by atoms with Crippen LogP contribution in [0.25, 0.3) is 0 Å². The Balaban J connectivity index is 1.67. The second-order valence-corrected chi connectivity index (χ2v) is 8.52. The van der Waals surface area contributed by atoms with Gasteiger partial charge in [-0.25, -0.2) is 0 Å². The molecule has 1 fully saturated rings. The molecule has 2 atom stereocenters. The van der Waals surface area contributed by atoms with Crippen LogP contribution in [0, 0.1) is 6.92 Å². The van der Waals surface area contributed by atoms with E-state index in [1.807, 2.05) is 23.5 Å². The molecule has 6 heteroatoms. The summed E-state index contributed by atoms with van der Waals surface area (Å²) < 4.78 is 0. The molecule has 3 rings (SSSR count). The first-order valence-corrected chi connectivity index (χ1v) is 11.0. The van der Waals surface area contributed by atoms with E-state index in [9.17, 15) is 0 Å². The van der Waals surface area contributed by atoms with E-state index in [1.54, 1.807) is 0 Å². The van der Waals surface area contributed by atoms with Gasteiger partial charge in [-0.2, -0.15) is 0 Å². The van der Waals surface area contributed by atoms with E-state index in [0.717, 1.165) is 38.4 Å². The van der Waals surface area contributed by atoms with E-state index >= 15 is 0 Å². The zero-order chi connectivity index (χ0) is 19.2. The Morgan fingerprint density at radius 2 is 1.89 bits per heavy atom. The second-order valence-electron chi connectivity index (χ2n) is 7.13. The third kappa shape index (κ3) is 5.29. The van der Waals surface area contributed by atoms with E-state index in [0.29, 0.717) is 11.2 Å². The quantitative estimate of drug-likeness (QED) is 0.710. The molecule has 0 radical (unpaired) electrons.